The van der Waals surface area contributed by atoms with Crippen LogP contribution in [-0.2, 0) is 16.0 Å². The Hall–Kier alpha value is -1.60. The number of carbonyl (C=O) groups is 1. The van der Waals surface area contributed by atoms with Gasteiger partial charge in [0.25, 0.3) is 0 Å². The molecule has 2 N–H and O–H groups in total. The molecule has 2 fully saturated rings. The summed E-state index contributed by atoms with van der Waals surface area (Å²) in [5.41, 5.74) is 0.891. The Kier molecular flexibility index (Phi) is 5.29. The molecule has 2 aliphatic heterocycles. The van der Waals surface area contributed by atoms with Crippen molar-refractivity contribution in [3.8, 4) is 0 Å². The lowest BCUT2D eigenvalue weighted by Crippen LogP contribution is -2.46. The molecular weight excluding hydrogens is 284 g/mol. The van der Waals surface area contributed by atoms with Crippen LogP contribution in [0.5, 0.6) is 0 Å². The molecule has 0 aromatic carbocycles. The van der Waals surface area contributed by atoms with Crippen molar-refractivity contribution in [3.05, 3.63) is 18.0 Å². The van der Waals surface area contributed by atoms with E-state index in [4.69, 9.17) is 9.47 Å². The van der Waals surface area contributed by atoms with Crippen molar-refractivity contribution in [2.45, 2.75) is 44.4 Å². The van der Waals surface area contributed by atoms with Crippen molar-refractivity contribution in [1.82, 2.24) is 20.4 Å². The minimum Gasteiger partial charge on any atom is -0.376 e. The summed E-state index contributed by atoms with van der Waals surface area (Å²) in [7, 11) is 0. The number of hydrogen-bond acceptors (Lipinski definition) is 4. The van der Waals surface area contributed by atoms with Gasteiger partial charge >= 0.3 is 6.03 Å². The van der Waals surface area contributed by atoms with Crippen LogP contribution in [0, 0.1) is 0 Å². The van der Waals surface area contributed by atoms with Gasteiger partial charge in [0.15, 0.2) is 0 Å². The topological polar surface area (TPSA) is 79.5 Å². The van der Waals surface area contributed by atoms with Crippen LogP contribution in [0.1, 0.15) is 31.4 Å². The first kappa shape index (κ1) is 15.3. The minimum atomic E-state index is -0.0689. The van der Waals surface area contributed by atoms with E-state index < -0.39 is 0 Å². The number of urea groups is 1. The third-order valence-corrected chi connectivity index (χ3v) is 4.17. The first-order valence-corrected chi connectivity index (χ1v) is 8.05. The zero-order valence-electron chi connectivity index (χ0n) is 12.8. The van der Waals surface area contributed by atoms with E-state index in [0.29, 0.717) is 19.6 Å². The SMILES string of the molecule is O=C(NCc1ccn[nH]1)N(CC1CCCO1)CC1CCCO1. The first-order valence-electron chi connectivity index (χ1n) is 8.05. The van der Waals surface area contributed by atoms with Gasteiger partial charge in [-0.2, -0.15) is 5.10 Å². The third kappa shape index (κ3) is 4.20. The number of hydrogen-bond donors (Lipinski definition) is 2. The lowest BCUT2D eigenvalue weighted by Gasteiger charge is -2.27. The Labute approximate surface area is 130 Å². The standard InChI is InChI=1S/C15H24N4O3/c20-15(16-9-12-5-6-17-18-12)19(10-13-3-1-7-21-13)11-14-4-2-8-22-14/h5-6,13-14H,1-4,7-11H2,(H,16,20)(H,17,18). The van der Waals surface area contributed by atoms with Gasteiger partial charge in [0, 0.05) is 32.5 Å². The fourth-order valence-corrected chi connectivity index (χ4v) is 2.97. The molecule has 7 heteroatoms. The molecule has 2 amide bonds. The highest BCUT2D eigenvalue weighted by Gasteiger charge is 2.26. The number of amides is 2. The van der Waals surface area contributed by atoms with E-state index in [1.54, 1.807) is 6.20 Å². The van der Waals surface area contributed by atoms with Crippen molar-refractivity contribution in [3.63, 3.8) is 0 Å². The number of aromatic amines is 1. The maximum atomic E-state index is 12.5. The lowest BCUT2D eigenvalue weighted by molar-refractivity contribution is 0.0498. The average Bonchev–Trinajstić information content (AvgIpc) is 3.27. The maximum Gasteiger partial charge on any atom is 0.317 e. The van der Waals surface area contributed by atoms with Crippen LogP contribution < -0.4 is 5.32 Å². The molecule has 0 aliphatic carbocycles. The number of nitrogens with one attached hydrogen (secondary N) is 2. The molecule has 3 rings (SSSR count). The van der Waals surface area contributed by atoms with E-state index >= 15 is 0 Å². The monoisotopic (exact) mass is 308 g/mol. The molecule has 2 aliphatic rings. The minimum absolute atomic E-state index is 0.0689. The third-order valence-electron chi connectivity index (χ3n) is 4.17. The van der Waals surface area contributed by atoms with Crippen LogP contribution in [0.15, 0.2) is 12.3 Å². The molecule has 0 bridgehead atoms. The zero-order chi connectivity index (χ0) is 15.2. The zero-order valence-corrected chi connectivity index (χ0v) is 12.8. The number of aromatic nitrogens is 2. The maximum absolute atomic E-state index is 12.5. The quantitative estimate of drug-likeness (QED) is 0.829. The number of H-pyrrole nitrogens is 1. The Morgan fingerprint density at radius 2 is 1.95 bits per heavy atom. The van der Waals surface area contributed by atoms with E-state index in [2.05, 4.69) is 15.5 Å². The molecule has 3 heterocycles. The molecule has 2 unspecified atom stereocenters. The highest BCUT2D eigenvalue weighted by atomic mass is 16.5. The van der Waals surface area contributed by atoms with Gasteiger partial charge in [0.05, 0.1) is 24.4 Å². The summed E-state index contributed by atoms with van der Waals surface area (Å²) in [5, 5.41) is 9.66. The van der Waals surface area contributed by atoms with Crippen molar-refractivity contribution in [1.29, 1.82) is 0 Å². The summed E-state index contributed by atoms with van der Waals surface area (Å²) in [6.07, 6.45) is 6.19. The second-order valence-electron chi connectivity index (χ2n) is 5.92. The van der Waals surface area contributed by atoms with Crippen LogP contribution in [0.4, 0.5) is 4.79 Å². The van der Waals surface area contributed by atoms with Gasteiger partial charge in [-0.15, -0.1) is 0 Å². The largest absolute Gasteiger partial charge is 0.376 e. The fraction of sp³-hybridized carbons (Fsp3) is 0.733. The van der Waals surface area contributed by atoms with E-state index in [9.17, 15) is 4.79 Å². The predicted molar refractivity (Wildman–Crippen MR) is 80.3 cm³/mol. The Bertz CT molecular complexity index is 435. The smallest absolute Gasteiger partial charge is 0.317 e. The molecule has 0 saturated carbocycles. The number of rotatable bonds is 6. The molecule has 22 heavy (non-hydrogen) atoms. The average molecular weight is 308 g/mol. The summed E-state index contributed by atoms with van der Waals surface area (Å²) in [5.74, 6) is 0. The van der Waals surface area contributed by atoms with Crippen LogP contribution >= 0.6 is 0 Å². The number of ether oxygens (including phenoxy) is 2. The Morgan fingerprint density at radius 3 is 2.45 bits per heavy atom. The summed E-state index contributed by atoms with van der Waals surface area (Å²) in [6.45, 7) is 3.32. The van der Waals surface area contributed by atoms with Gasteiger partial charge in [-0.3, -0.25) is 5.10 Å². The van der Waals surface area contributed by atoms with E-state index in [1.807, 2.05) is 11.0 Å². The van der Waals surface area contributed by atoms with Gasteiger partial charge in [-0.1, -0.05) is 0 Å². The van der Waals surface area contributed by atoms with Crippen molar-refractivity contribution < 1.29 is 14.3 Å². The molecule has 0 spiro atoms. The van der Waals surface area contributed by atoms with Crippen molar-refractivity contribution in [2.75, 3.05) is 26.3 Å². The normalized spacial score (nSPS) is 24.5. The summed E-state index contributed by atoms with van der Waals surface area (Å²) in [6, 6.07) is 1.78. The van der Waals surface area contributed by atoms with E-state index in [1.165, 1.54) is 0 Å². The molecule has 1 aromatic rings. The van der Waals surface area contributed by atoms with Crippen LogP contribution in [0.25, 0.3) is 0 Å². The number of nitrogens with zero attached hydrogens (tertiary/aromatic N) is 2. The van der Waals surface area contributed by atoms with Crippen molar-refractivity contribution in [2.24, 2.45) is 0 Å². The lowest BCUT2D eigenvalue weighted by atomic mass is 10.2. The molecule has 7 nitrogen and oxygen atoms in total. The number of carbonyl (C=O) groups excluding carboxylic acids is 1. The van der Waals surface area contributed by atoms with E-state index in [0.717, 1.165) is 44.6 Å². The molecule has 2 saturated heterocycles. The molecule has 1 aromatic heterocycles. The summed E-state index contributed by atoms with van der Waals surface area (Å²) >= 11 is 0. The second-order valence-corrected chi connectivity index (χ2v) is 5.92. The highest BCUT2D eigenvalue weighted by Crippen LogP contribution is 2.17. The molecule has 2 atom stereocenters. The van der Waals surface area contributed by atoms with Crippen LogP contribution in [0.3, 0.4) is 0 Å². The van der Waals surface area contributed by atoms with E-state index in [-0.39, 0.29) is 18.2 Å². The Morgan fingerprint density at radius 1 is 1.27 bits per heavy atom. The molecule has 0 radical (unpaired) electrons. The summed E-state index contributed by atoms with van der Waals surface area (Å²) in [4.78, 5) is 14.3. The van der Waals surface area contributed by atoms with Crippen molar-refractivity contribution >= 4 is 6.03 Å². The van der Waals surface area contributed by atoms with Gasteiger partial charge in [0.2, 0.25) is 0 Å². The summed E-state index contributed by atoms with van der Waals surface area (Å²) < 4.78 is 11.3. The predicted octanol–water partition coefficient (Wildman–Crippen LogP) is 1.28. The molecular formula is C15H24N4O3. The van der Waals surface area contributed by atoms with Gasteiger partial charge in [0.1, 0.15) is 0 Å². The van der Waals surface area contributed by atoms with Crippen LogP contribution in [0.2, 0.25) is 0 Å². The van der Waals surface area contributed by atoms with Gasteiger partial charge in [-0.05, 0) is 31.7 Å². The fourth-order valence-electron chi connectivity index (χ4n) is 2.97. The van der Waals surface area contributed by atoms with Gasteiger partial charge in [-0.25, -0.2) is 4.79 Å². The molecule has 122 valence electrons. The Balaban J connectivity index is 1.54. The van der Waals surface area contributed by atoms with Crippen LogP contribution in [-0.4, -0.2) is 59.6 Å². The van der Waals surface area contributed by atoms with Gasteiger partial charge < -0.3 is 19.7 Å². The highest BCUT2D eigenvalue weighted by molar-refractivity contribution is 5.74. The second kappa shape index (κ2) is 7.60. The first-order chi connectivity index (χ1) is 10.8.